The van der Waals surface area contributed by atoms with Crippen molar-refractivity contribution in [3.8, 4) is 50.2 Å². The van der Waals surface area contributed by atoms with Crippen LogP contribution in [-0.4, -0.2) is 4.57 Å². The maximum absolute atomic E-state index is 6.37. The number of furan rings is 1. The Balaban J connectivity index is 0.856. The van der Waals surface area contributed by atoms with Crippen LogP contribution in [0.3, 0.4) is 0 Å². The maximum atomic E-state index is 6.37. The van der Waals surface area contributed by atoms with Crippen molar-refractivity contribution in [3.63, 3.8) is 0 Å². The summed E-state index contributed by atoms with van der Waals surface area (Å²) in [4.78, 5) is 2.42. The summed E-state index contributed by atoms with van der Waals surface area (Å²) in [5.41, 5.74) is 17.8. The van der Waals surface area contributed by atoms with Crippen LogP contribution in [-0.2, 0) is 0 Å². The molecule has 0 radical (unpaired) electrons. The lowest BCUT2D eigenvalue weighted by Gasteiger charge is -2.29. The lowest BCUT2D eigenvalue weighted by Crippen LogP contribution is -2.11. The fourth-order valence-electron chi connectivity index (χ4n) is 11.0. The van der Waals surface area contributed by atoms with Crippen LogP contribution in [0.25, 0.3) is 115 Å². The average molecular weight is 905 g/mol. The molecule has 0 saturated heterocycles. The van der Waals surface area contributed by atoms with Crippen molar-refractivity contribution in [2.24, 2.45) is 0 Å². The fraction of sp³-hybridized carbons (Fsp3) is 0. The molecule has 71 heavy (non-hydrogen) atoms. The van der Waals surface area contributed by atoms with Crippen molar-refractivity contribution >= 4 is 82.4 Å². The van der Waals surface area contributed by atoms with Gasteiger partial charge >= 0.3 is 0 Å². The second kappa shape index (κ2) is 16.7. The van der Waals surface area contributed by atoms with Crippen molar-refractivity contribution in [1.82, 2.24) is 4.57 Å². The average Bonchev–Trinajstić information content (AvgIpc) is 3.99. The van der Waals surface area contributed by atoms with Crippen LogP contribution in [0.2, 0.25) is 0 Å². The molecule has 0 spiro atoms. The number of benzene rings is 12. The largest absolute Gasteiger partial charge is 0.456 e. The van der Waals surface area contributed by atoms with E-state index >= 15 is 0 Å². The molecule has 3 nitrogen and oxygen atoms in total. The zero-order valence-corrected chi connectivity index (χ0v) is 38.7. The monoisotopic (exact) mass is 904 g/mol. The van der Waals surface area contributed by atoms with E-state index < -0.39 is 0 Å². The standard InChI is InChI=1S/C68H44N2O/c1-2-20-55-51(15-1)43-63(57-22-4-3-21-56(55)57)60-25-7-9-27-64(60)69(53-18-14-17-49(42-53)50-37-40-62-61-26-8-12-30-67(61)71-68(62)44-50)52-38-35-46(36-39-52)45-31-33-47(34-32-45)48-16-13-19-54(41-48)70-65-28-10-5-23-58(65)59-24-6-11-29-66(59)70/h1-44H. The molecular weight excluding hydrogens is 861 g/mol. The Morgan fingerprint density at radius 1 is 0.282 bits per heavy atom. The number of hydrogen-bond donors (Lipinski definition) is 0. The number of nitrogens with zero attached hydrogens (tertiary/aromatic N) is 2. The Kier molecular flexibility index (Phi) is 9.53. The van der Waals surface area contributed by atoms with Crippen molar-refractivity contribution < 1.29 is 4.42 Å². The smallest absolute Gasteiger partial charge is 0.136 e. The molecule has 0 unspecified atom stereocenters. The van der Waals surface area contributed by atoms with Gasteiger partial charge < -0.3 is 13.9 Å². The van der Waals surface area contributed by atoms with Crippen LogP contribution in [0.15, 0.2) is 271 Å². The summed E-state index contributed by atoms with van der Waals surface area (Å²) in [7, 11) is 0. The van der Waals surface area contributed by atoms with Crippen LogP contribution in [0.4, 0.5) is 17.1 Å². The number of rotatable bonds is 8. The Morgan fingerprint density at radius 2 is 0.817 bits per heavy atom. The molecule has 0 atom stereocenters. The van der Waals surface area contributed by atoms with E-state index in [9.17, 15) is 0 Å². The van der Waals surface area contributed by atoms with Crippen LogP contribution in [0, 0.1) is 0 Å². The molecule has 14 rings (SSSR count). The second-order valence-corrected chi connectivity index (χ2v) is 18.4. The Labute approximate surface area is 411 Å². The highest BCUT2D eigenvalue weighted by molar-refractivity contribution is 6.15. The lowest BCUT2D eigenvalue weighted by molar-refractivity contribution is 0.669. The van der Waals surface area contributed by atoms with Crippen LogP contribution >= 0.6 is 0 Å². The van der Waals surface area contributed by atoms with Gasteiger partial charge in [-0.3, -0.25) is 0 Å². The van der Waals surface area contributed by atoms with E-state index in [1.54, 1.807) is 0 Å². The number of fused-ring (bicyclic) bond motifs is 9. The van der Waals surface area contributed by atoms with Crippen molar-refractivity contribution in [1.29, 1.82) is 0 Å². The number of hydrogen-bond acceptors (Lipinski definition) is 2. The Morgan fingerprint density at radius 3 is 1.58 bits per heavy atom. The van der Waals surface area contributed by atoms with Gasteiger partial charge in [-0.05, 0) is 139 Å². The molecule has 2 heterocycles. The predicted molar refractivity (Wildman–Crippen MR) is 299 cm³/mol. The van der Waals surface area contributed by atoms with Gasteiger partial charge in [-0.25, -0.2) is 0 Å². The van der Waals surface area contributed by atoms with Gasteiger partial charge in [-0.2, -0.15) is 0 Å². The third-order valence-electron chi connectivity index (χ3n) is 14.4. The van der Waals surface area contributed by atoms with Crippen molar-refractivity contribution in [2.45, 2.75) is 0 Å². The van der Waals surface area contributed by atoms with Gasteiger partial charge in [0.15, 0.2) is 0 Å². The molecule has 3 heteroatoms. The van der Waals surface area contributed by atoms with E-state index in [-0.39, 0.29) is 0 Å². The highest BCUT2D eigenvalue weighted by atomic mass is 16.3. The van der Waals surface area contributed by atoms with E-state index in [1.165, 1.54) is 60.0 Å². The van der Waals surface area contributed by atoms with Gasteiger partial charge in [0.2, 0.25) is 0 Å². The minimum Gasteiger partial charge on any atom is -0.456 e. The molecule has 0 fully saturated rings. The molecule has 0 bridgehead atoms. The quantitative estimate of drug-likeness (QED) is 0.142. The first kappa shape index (κ1) is 40.6. The van der Waals surface area contributed by atoms with Gasteiger partial charge in [-0.15, -0.1) is 0 Å². The predicted octanol–water partition coefficient (Wildman–Crippen LogP) is 19.1. The van der Waals surface area contributed by atoms with E-state index in [1.807, 2.05) is 12.1 Å². The molecular formula is C68H44N2O. The third-order valence-corrected chi connectivity index (χ3v) is 14.4. The van der Waals surface area contributed by atoms with Gasteiger partial charge in [0.05, 0.1) is 16.7 Å². The summed E-state index contributed by atoms with van der Waals surface area (Å²) in [5.74, 6) is 0. The Hall–Kier alpha value is -9.44. The SMILES string of the molecule is c1cc(-c2ccc3c(c2)oc2ccccc23)cc(N(c2ccc(-c3ccc(-c4cccc(-n5c6ccccc6c6ccccc65)c4)cc3)cc2)c2ccccc2-c2cc3ccccc3c3ccccc23)c1. The molecule has 0 aliphatic carbocycles. The van der Waals surface area contributed by atoms with E-state index in [2.05, 4.69) is 264 Å². The van der Waals surface area contributed by atoms with Crippen LogP contribution in [0.1, 0.15) is 0 Å². The van der Waals surface area contributed by atoms with Gasteiger partial charge in [0.1, 0.15) is 11.2 Å². The maximum Gasteiger partial charge on any atom is 0.136 e. The molecule has 2 aromatic heterocycles. The second-order valence-electron chi connectivity index (χ2n) is 18.4. The fourth-order valence-corrected chi connectivity index (χ4v) is 11.0. The zero-order chi connectivity index (χ0) is 46.8. The van der Waals surface area contributed by atoms with Gasteiger partial charge in [0, 0.05) is 44.2 Å². The van der Waals surface area contributed by atoms with Crippen molar-refractivity contribution in [3.05, 3.63) is 267 Å². The topological polar surface area (TPSA) is 21.3 Å². The zero-order valence-electron chi connectivity index (χ0n) is 38.7. The van der Waals surface area contributed by atoms with Crippen molar-refractivity contribution in [2.75, 3.05) is 4.90 Å². The normalized spacial score (nSPS) is 11.7. The number of anilines is 3. The molecule has 332 valence electrons. The number of para-hydroxylation sites is 4. The summed E-state index contributed by atoms with van der Waals surface area (Å²) in [5, 5.41) is 9.73. The van der Waals surface area contributed by atoms with E-state index in [0.29, 0.717) is 0 Å². The van der Waals surface area contributed by atoms with Gasteiger partial charge in [-0.1, -0.05) is 188 Å². The van der Waals surface area contributed by atoms with E-state index in [0.717, 1.165) is 72.5 Å². The summed E-state index contributed by atoms with van der Waals surface area (Å²) in [6.45, 7) is 0. The van der Waals surface area contributed by atoms with Crippen LogP contribution < -0.4 is 4.90 Å². The molecule has 12 aromatic carbocycles. The highest BCUT2D eigenvalue weighted by Gasteiger charge is 2.21. The molecule has 14 aromatic rings. The lowest BCUT2D eigenvalue weighted by atomic mass is 9.92. The molecule has 0 N–H and O–H groups in total. The highest BCUT2D eigenvalue weighted by Crippen LogP contribution is 2.46. The molecule has 0 amide bonds. The molecule has 0 aliphatic heterocycles. The third kappa shape index (κ3) is 6.89. The van der Waals surface area contributed by atoms with Crippen LogP contribution in [0.5, 0.6) is 0 Å². The minimum absolute atomic E-state index is 0.885. The molecule has 0 saturated carbocycles. The first-order valence-corrected chi connectivity index (χ1v) is 24.3. The van der Waals surface area contributed by atoms with E-state index in [4.69, 9.17) is 4.42 Å². The summed E-state index contributed by atoms with van der Waals surface area (Å²) >= 11 is 0. The summed E-state index contributed by atoms with van der Waals surface area (Å²) in [6, 6.07) is 96.8. The Bertz CT molecular complexity index is 4290. The first-order chi connectivity index (χ1) is 35.2. The summed E-state index contributed by atoms with van der Waals surface area (Å²) in [6.07, 6.45) is 0. The first-order valence-electron chi connectivity index (χ1n) is 24.3. The number of aromatic nitrogens is 1. The van der Waals surface area contributed by atoms with Gasteiger partial charge in [0.25, 0.3) is 0 Å². The molecule has 0 aliphatic rings. The minimum atomic E-state index is 0.885. The summed E-state index contributed by atoms with van der Waals surface area (Å²) < 4.78 is 8.75.